The van der Waals surface area contributed by atoms with Gasteiger partial charge in [0.25, 0.3) is 0 Å². The van der Waals surface area contributed by atoms with Gasteiger partial charge in [0.2, 0.25) is 0 Å². The summed E-state index contributed by atoms with van der Waals surface area (Å²) in [4.78, 5) is 23.8. The Hall–Kier alpha value is -3.32. The number of alkyl carbamates (subject to hydrolysis) is 1. The van der Waals surface area contributed by atoms with Crippen molar-refractivity contribution < 1.29 is 19.4 Å². The van der Waals surface area contributed by atoms with E-state index in [1.165, 1.54) is 10.9 Å². The van der Waals surface area contributed by atoms with Gasteiger partial charge < -0.3 is 15.2 Å². The van der Waals surface area contributed by atoms with Gasteiger partial charge in [-0.25, -0.2) is 4.79 Å². The smallest absolute Gasteiger partial charge is 0.407 e. The maximum absolute atomic E-state index is 12.5. The van der Waals surface area contributed by atoms with Gasteiger partial charge in [0.1, 0.15) is 6.61 Å². The van der Waals surface area contributed by atoms with Crippen LogP contribution in [0.2, 0.25) is 5.02 Å². The number of aryl methyl sites for hydroxylation is 1. The number of benzene rings is 2. The summed E-state index contributed by atoms with van der Waals surface area (Å²) < 4.78 is 6.96. The number of carboxylic acids is 1. The second-order valence-corrected chi connectivity index (χ2v) is 7.53. The van der Waals surface area contributed by atoms with Crippen LogP contribution in [0.4, 0.5) is 4.79 Å². The minimum absolute atomic E-state index is 0.0821. The summed E-state index contributed by atoms with van der Waals surface area (Å²) in [7, 11) is 1.63. The lowest BCUT2D eigenvalue weighted by atomic mass is 9.98. The van der Waals surface area contributed by atoms with Crippen LogP contribution in [0.3, 0.4) is 0 Å². The van der Waals surface area contributed by atoms with Crippen molar-refractivity contribution in [3.05, 3.63) is 76.6 Å². The Bertz CT molecular complexity index is 1050. The van der Waals surface area contributed by atoms with Crippen molar-refractivity contribution in [2.24, 2.45) is 7.05 Å². The highest BCUT2D eigenvalue weighted by molar-refractivity contribution is 6.31. The van der Waals surface area contributed by atoms with Gasteiger partial charge in [0.15, 0.2) is 0 Å². The first-order valence-electron chi connectivity index (χ1n) is 9.46. The zero-order chi connectivity index (χ0) is 21.3. The lowest BCUT2D eigenvalue weighted by molar-refractivity contribution is -0.137. The number of halogens is 1. The third kappa shape index (κ3) is 3.76. The Morgan fingerprint density at radius 1 is 1.17 bits per heavy atom. The number of carbonyl (C=O) groups is 2. The van der Waals surface area contributed by atoms with Crippen molar-refractivity contribution in [2.45, 2.75) is 18.4 Å². The van der Waals surface area contributed by atoms with Crippen molar-refractivity contribution in [3.63, 3.8) is 0 Å². The quantitative estimate of drug-likeness (QED) is 0.619. The van der Waals surface area contributed by atoms with E-state index in [4.69, 9.17) is 16.3 Å². The molecule has 30 heavy (non-hydrogen) atoms. The predicted octanol–water partition coefficient (Wildman–Crippen LogP) is 4.13. The molecule has 0 aliphatic heterocycles. The van der Waals surface area contributed by atoms with Gasteiger partial charge in [0, 0.05) is 13.0 Å². The van der Waals surface area contributed by atoms with Gasteiger partial charge >= 0.3 is 12.1 Å². The Kier molecular flexibility index (Phi) is 5.46. The van der Waals surface area contributed by atoms with E-state index in [9.17, 15) is 14.7 Å². The summed E-state index contributed by atoms with van der Waals surface area (Å²) in [6, 6.07) is 15.2. The maximum Gasteiger partial charge on any atom is 0.407 e. The summed E-state index contributed by atoms with van der Waals surface area (Å²) in [6.45, 7) is 0.138. The molecule has 7 nitrogen and oxygen atoms in total. The fourth-order valence-corrected chi connectivity index (χ4v) is 4.28. The van der Waals surface area contributed by atoms with Crippen molar-refractivity contribution >= 4 is 23.7 Å². The Morgan fingerprint density at radius 2 is 1.77 bits per heavy atom. The average Bonchev–Trinajstić information content (AvgIpc) is 3.22. The second kappa shape index (κ2) is 8.20. The van der Waals surface area contributed by atoms with Gasteiger partial charge in [-0.05, 0) is 22.3 Å². The molecule has 154 valence electrons. The topological polar surface area (TPSA) is 93.5 Å². The molecule has 8 heteroatoms. The summed E-state index contributed by atoms with van der Waals surface area (Å²) in [6.07, 6.45) is 0.356. The fourth-order valence-electron chi connectivity index (χ4n) is 3.99. The first kappa shape index (κ1) is 20.0. The molecule has 0 bridgehead atoms. The van der Waals surface area contributed by atoms with E-state index in [0.29, 0.717) is 5.69 Å². The minimum atomic E-state index is -1.07. The van der Waals surface area contributed by atoms with Crippen molar-refractivity contribution in [1.29, 1.82) is 0 Å². The SMILES string of the molecule is Cn1ncc(Cl)c1[C@H](CC(=O)O)NC(=O)OCC1c2ccccc2-c2ccccc21. The predicted molar refractivity (Wildman–Crippen MR) is 111 cm³/mol. The van der Waals surface area contributed by atoms with Gasteiger partial charge in [0.05, 0.1) is 29.4 Å². The number of fused-ring (bicyclic) bond motifs is 3. The number of amides is 1. The Morgan fingerprint density at radius 3 is 2.30 bits per heavy atom. The van der Waals surface area contributed by atoms with Gasteiger partial charge in [-0.1, -0.05) is 60.1 Å². The molecule has 1 aliphatic carbocycles. The van der Waals surface area contributed by atoms with E-state index < -0.39 is 18.1 Å². The molecule has 1 heterocycles. The van der Waals surface area contributed by atoms with Crippen molar-refractivity contribution in [1.82, 2.24) is 15.1 Å². The largest absolute Gasteiger partial charge is 0.481 e. The summed E-state index contributed by atoms with van der Waals surface area (Å²) in [5.74, 6) is -1.16. The number of aliphatic carboxylic acids is 1. The maximum atomic E-state index is 12.5. The summed E-state index contributed by atoms with van der Waals surface area (Å²) >= 11 is 6.13. The highest BCUT2D eigenvalue weighted by atomic mass is 35.5. The molecule has 0 saturated carbocycles. The highest BCUT2D eigenvalue weighted by Crippen LogP contribution is 2.44. The van der Waals surface area contributed by atoms with Crippen LogP contribution in [0.5, 0.6) is 0 Å². The second-order valence-electron chi connectivity index (χ2n) is 7.12. The Balaban J connectivity index is 1.50. The van der Waals surface area contributed by atoms with Gasteiger partial charge in [-0.2, -0.15) is 5.10 Å². The summed E-state index contributed by atoms with van der Waals surface area (Å²) in [5.41, 5.74) is 4.87. The fraction of sp³-hybridized carbons (Fsp3) is 0.227. The van der Waals surface area contributed by atoms with Crippen molar-refractivity contribution in [2.75, 3.05) is 6.61 Å². The number of nitrogens with zero attached hydrogens (tertiary/aromatic N) is 2. The number of hydrogen-bond donors (Lipinski definition) is 2. The number of carboxylic acid groups (broad SMARTS) is 1. The van der Waals surface area contributed by atoms with E-state index in [0.717, 1.165) is 22.3 Å². The molecular weight excluding hydrogens is 406 g/mol. The van der Waals surface area contributed by atoms with E-state index in [1.807, 2.05) is 36.4 Å². The van der Waals surface area contributed by atoms with E-state index in [1.54, 1.807) is 7.05 Å². The first-order valence-corrected chi connectivity index (χ1v) is 9.84. The molecule has 2 aromatic carbocycles. The monoisotopic (exact) mass is 425 g/mol. The molecule has 0 radical (unpaired) electrons. The van der Waals surface area contributed by atoms with E-state index in [2.05, 4.69) is 22.5 Å². The molecule has 4 rings (SSSR count). The number of rotatable bonds is 6. The van der Waals surface area contributed by atoms with Gasteiger partial charge in [-0.15, -0.1) is 0 Å². The number of ether oxygens (including phenoxy) is 1. The molecule has 0 unspecified atom stereocenters. The standard InChI is InChI=1S/C22H20ClN3O4/c1-26-21(18(23)11-24-26)19(10-20(27)28)25-22(29)30-12-17-15-8-4-2-6-13(15)14-7-3-5-9-16(14)17/h2-9,11,17,19H,10,12H2,1H3,(H,25,29)(H,27,28)/t19-/m0/s1. The van der Waals surface area contributed by atoms with Gasteiger partial charge in [-0.3, -0.25) is 9.48 Å². The van der Waals surface area contributed by atoms with Crippen LogP contribution >= 0.6 is 11.6 Å². The van der Waals surface area contributed by atoms with Crippen LogP contribution in [0, 0.1) is 0 Å². The normalized spacial score (nSPS) is 13.4. The van der Waals surface area contributed by atoms with E-state index in [-0.39, 0.29) is 24.0 Å². The number of aromatic nitrogens is 2. The van der Waals surface area contributed by atoms with Crippen molar-refractivity contribution in [3.8, 4) is 11.1 Å². The van der Waals surface area contributed by atoms with Crippen LogP contribution in [0.15, 0.2) is 54.7 Å². The molecular formula is C22H20ClN3O4. The molecule has 1 aliphatic rings. The van der Waals surface area contributed by atoms with Crippen LogP contribution in [-0.2, 0) is 16.6 Å². The first-order chi connectivity index (χ1) is 14.5. The third-order valence-electron chi connectivity index (χ3n) is 5.28. The molecule has 2 N–H and O–H groups in total. The number of nitrogens with one attached hydrogen (secondary N) is 1. The zero-order valence-corrected chi connectivity index (χ0v) is 17.0. The van der Waals surface area contributed by atoms with Crippen LogP contribution < -0.4 is 5.32 Å². The Labute approximate surface area is 178 Å². The van der Waals surface area contributed by atoms with Crippen LogP contribution in [0.25, 0.3) is 11.1 Å². The average molecular weight is 426 g/mol. The van der Waals surface area contributed by atoms with Crippen LogP contribution in [-0.4, -0.2) is 33.6 Å². The lowest BCUT2D eigenvalue weighted by Crippen LogP contribution is -2.33. The minimum Gasteiger partial charge on any atom is -0.481 e. The lowest BCUT2D eigenvalue weighted by Gasteiger charge is -2.19. The highest BCUT2D eigenvalue weighted by Gasteiger charge is 2.30. The molecule has 0 fully saturated rings. The van der Waals surface area contributed by atoms with Crippen LogP contribution in [0.1, 0.15) is 35.2 Å². The molecule has 1 amide bonds. The molecule has 0 saturated heterocycles. The molecule has 1 atom stereocenters. The van der Waals surface area contributed by atoms with E-state index >= 15 is 0 Å². The number of carbonyl (C=O) groups excluding carboxylic acids is 1. The zero-order valence-electron chi connectivity index (χ0n) is 16.2. The molecule has 3 aromatic rings. The molecule has 0 spiro atoms. The number of hydrogen-bond acceptors (Lipinski definition) is 4. The summed E-state index contributed by atoms with van der Waals surface area (Å²) in [5, 5.41) is 16.1. The molecule has 1 aromatic heterocycles. The third-order valence-corrected chi connectivity index (χ3v) is 5.57.